The van der Waals surface area contributed by atoms with Crippen LogP contribution in [-0.4, -0.2) is 50.8 Å². The van der Waals surface area contributed by atoms with Gasteiger partial charge in [-0.2, -0.15) is 4.98 Å². The molecule has 0 aliphatic carbocycles. The molecule has 0 aliphatic rings. The number of nitrogens with one attached hydrogen (secondary N) is 1. The summed E-state index contributed by atoms with van der Waals surface area (Å²) in [6.45, 7) is 2.97. The monoisotopic (exact) mass is 255 g/mol. The molecule has 0 unspecified atom stereocenters. The fourth-order valence-electron chi connectivity index (χ4n) is 1.69. The number of aliphatic hydroxyl groups excluding tert-OH is 1. The first-order chi connectivity index (χ1) is 8.69. The van der Waals surface area contributed by atoms with Gasteiger partial charge in [-0.3, -0.25) is 9.89 Å². The van der Waals surface area contributed by atoms with Crippen molar-refractivity contribution in [2.24, 2.45) is 0 Å². The molecule has 0 fully saturated rings. The molecule has 1 heterocycles. The van der Waals surface area contributed by atoms with Gasteiger partial charge in [0.25, 0.3) is 5.91 Å². The highest BCUT2D eigenvalue weighted by Gasteiger charge is 2.18. The molecule has 1 amide bonds. The van der Waals surface area contributed by atoms with Gasteiger partial charge in [-0.05, 0) is 6.42 Å². The molecule has 0 atom stereocenters. The number of aromatic amines is 1. The molecule has 7 nitrogen and oxygen atoms in total. The number of amides is 1. The Balaban J connectivity index is 2.52. The van der Waals surface area contributed by atoms with Gasteiger partial charge in [0.1, 0.15) is 0 Å². The predicted octanol–water partition coefficient (Wildman–Crippen LogP) is 0.402. The third-order valence-electron chi connectivity index (χ3n) is 2.64. The number of anilines is 1. The first-order valence-electron chi connectivity index (χ1n) is 6.27. The number of nitrogens with two attached hydrogens (primary N) is 1. The Kier molecular flexibility index (Phi) is 6.13. The SMILES string of the molecule is CCCCCCN(CCO)C(=O)c1nc(N)n[nH]1. The lowest BCUT2D eigenvalue weighted by Crippen LogP contribution is -2.35. The molecule has 1 aromatic rings. The number of carbonyl (C=O) groups excluding carboxylic acids is 1. The van der Waals surface area contributed by atoms with Crippen molar-refractivity contribution in [1.82, 2.24) is 20.1 Å². The Hall–Kier alpha value is -1.63. The molecule has 7 heteroatoms. The van der Waals surface area contributed by atoms with E-state index in [4.69, 9.17) is 10.8 Å². The number of unbranched alkanes of at least 4 members (excludes halogenated alkanes) is 3. The summed E-state index contributed by atoms with van der Waals surface area (Å²) < 4.78 is 0. The molecular weight excluding hydrogens is 234 g/mol. The molecule has 0 radical (unpaired) electrons. The lowest BCUT2D eigenvalue weighted by atomic mass is 10.2. The first-order valence-corrected chi connectivity index (χ1v) is 6.27. The summed E-state index contributed by atoms with van der Waals surface area (Å²) in [6, 6.07) is 0. The zero-order valence-electron chi connectivity index (χ0n) is 10.7. The number of nitrogens with zero attached hydrogens (tertiary/aromatic N) is 3. The highest BCUT2D eigenvalue weighted by Crippen LogP contribution is 2.05. The van der Waals surface area contributed by atoms with Crippen LogP contribution in [0.4, 0.5) is 5.95 Å². The number of hydrogen-bond donors (Lipinski definition) is 3. The maximum absolute atomic E-state index is 12.0. The molecule has 0 saturated heterocycles. The zero-order valence-corrected chi connectivity index (χ0v) is 10.7. The van der Waals surface area contributed by atoms with Crippen molar-refractivity contribution in [3.63, 3.8) is 0 Å². The summed E-state index contributed by atoms with van der Waals surface area (Å²) in [5.41, 5.74) is 5.36. The predicted molar refractivity (Wildman–Crippen MR) is 67.9 cm³/mol. The summed E-state index contributed by atoms with van der Waals surface area (Å²) >= 11 is 0. The molecule has 0 aliphatic heterocycles. The molecule has 0 bridgehead atoms. The van der Waals surface area contributed by atoms with E-state index in [2.05, 4.69) is 22.1 Å². The topological polar surface area (TPSA) is 108 Å². The summed E-state index contributed by atoms with van der Waals surface area (Å²) in [5, 5.41) is 15.1. The van der Waals surface area contributed by atoms with Crippen molar-refractivity contribution in [3.8, 4) is 0 Å². The maximum atomic E-state index is 12.0. The van der Waals surface area contributed by atoms with E-state index >= 15 is 0 Å². The van der Waals surface area contributed by atoms with Crippen LogP contribution in [0.25, 0.3) is 0 Å². The molecule has 0 spiro atoms. The lowest BCUT2D eigenvalue weighted by Gasteiger charge is -2.20. The number of nitrogen functional groups attached to an aromatic ring is 1. The Morgan fingerprint density at radius 1 is 1.39 bits per heavy atom. The van der Waals surface area contributed by atoms with Crippen LogP contribution in [0.3, 0.4) is 0 Å². The van der Waals surface area contributed by atoms with Crippen molar-refractivity contribution < 1.29 is 9.90 Å². The van der Waals surface area contributed by atoms with Gasteiger partial charge < -0.3 is 15.7 Å². The summed E-state index contributed by atoms with van der Waals surface area (Å²) in [7, 11) is 0. The number of aliphatic hydroxyl groups is 1. The van der Waals surface area contributed by atoms with Gasteiger partial charge in [0.2, 0.25) is 11.8 Å². The standard InChI is InChI=1S/C11H21N5O2/c1-2-3-4-5-6-16(7-8-17)10(18)9-13-11(12)15-14-9/h17H,2-8H2,1H3,(H3,12,13,14,15). The minimum absolute atomic E-state index is 0.0493. The third kappa shape index (κ3) is 4.33. The van der Waals surface area contributed by atoms with E-state index in [1.807, 2.05) is 0 Å². The second-order valence-electron chi connectivity index (χ2n) is 4.12. The number of H-pyrrole nitrogens is 1. The third-order valence-corrected chi connectivity index (χ3v) is 2.64. The van der Waals surface area contributed by atoms with Gasteiger partial charge in [0.15, 0.2) is 0 Å². The Morgan fingerprint density at radius 2 is 2.17 bits per heavy atom. The van der Waals surface area contributed by atoms with Gasteiger partial charge >= 0.3 is 0 Å². The fourth-order valence-corrected chi connectivity index (χ4v) is 1.69. The van der Waals surface area contributed by atoms with Crippen molar-refractivity contribution >= 4 is 11.9 Å². The highest BCUT2D eigenvalue weighted by atomic mass is 16.3. The molecule has 102 valence electrons. The van der Waals surface area contributed by atoms with E-state index < -0.39 is 0 Å². The average molecular weight is 255 g/mol. The normalized spacial score (nSPS) is 10.6. The van der Waals surface area contributed by atoms with E-state index in [0.29, 0.717) is 13.1 Å². The number of hydrogen-bond acceptors (Lipinski definition) is 5. The molecular formula is C11H21N5O2. The number of carbonyl (C=O) groups is 1. The number of rotatable bonds is 8. The van der Waals surface area contributed by atoms with E-state index in [9.17, 15) is 4.79 Å². The van der Waals surface area contributed by atoms with Crippen molar-refractivity contribution in [2.45, 2.75) is 32.6 Å². The van der Waals surface area contributed by atoms with Crippen LogP contribution in [-0.2, 0) is 0 Å². The molecule has 1 aromatic heterocycles. The van der Waals surface area contributed by atoms with Crippen molar-refractivity contribution in [1.29, 1.82) is 0 Å². The van der Waals surface area contributed by atoms with Gasteiger partial charge in [-0.1, -0.05) is 26.2 Å². The second kappa shape index (κ2) is 7.65. The molecule has 0 saturated carbocycles. The molecule has 18 heavy (non-hydrogen) atoms. The van der Waals surface area contributed by atoms with Crippen LogP contribution in [0.1, 0.15) is 43.2 Å². The van der Waals surface area contributed by atoms with E-state index in [1.54, 1.807) is 4.90 Å². The van der Waals surface area contributed by atoms with Crippen LogP contribution in [0.5, 0.6) is 0 Å². The minimum Gasteiger partial charge on any atom is -0.395 e. The van der Waals surface area contributed by atoms with E-state index in [-0.39, 0.29) is 24.3 Å². The minimum atomic E-state index is -0.273. The van der Waals surface area contributed by atoms with Crippen LogP contribution < -0.4 is 5.73 Å². The Labute approximate surface area is 106 Å². The van der Waals surface area contributed by atoms with Crippen LogP contribution in [0.2, 0.25) is 0 Å². The smallest absolute Gasteiger partial charge is 0.291 e. The second-order valence-corrected chi connectivity index (χ2v) is 4.12. The Morgan fingerprint density at radius 3 is 2.72 bits per heavy atom. The zero-order chi connectivity index (χ0) is 13.4. The summed E-state index contributed by atoms with van der Waals surface area (Å²) in [6.07, 6.45) is 4.29. The van der Waals surface area contributed by atoms with Crippen LogP contribution >= 0.6 is 0 Å². The van der Waals surface area contributed by atoms with Crippen molar-refractivity contribution in [2.75, 3.05) is 25.4 Å². The molecule has 4 N–H and O–H groups in total. The fraction of sp³-hybridized carbons (Fsp3) is 0.727. The maximum Gasteiger partial charge on any atom is 0.291 e. The quantitative estimate of drug-likeness (QED) is 0.583. The summed E-state index contributed by atoms with van der Waals surface area (Å²) in [4.78, 5) is 17.4. The van der Waals surface area contributed by atoms with Gasteiger partial charge in [0.05, 0.1) is 6.61 Å². The van der Waals surface area contributed by atoms with Gasteiger partial charge in [-0.25, -0.2) is 0 Å². The van der Waals surface area contributed by atoms with Crippen LogP contribution in [0.15, 0.2) is 0 Å². The first kappa shape index (κ1) is 14.4. The average Bonchev–Trinajstić information content (AvgIpc) is 2.79. The largest absolute Gasteiger partial charge is 0.395 e. The van der Waals surface area contributed by atoms with Crippen molar-refractivity contribution in [3.05, 3.63) is 5.82 Å². The molecule has 1 rings (SSSR count). The van der Waals surface area contributed by atoms with Gasteiger partial charge in [-0.15, -0.1) is 5.10 Å². The van der Waals surface area contributed by atoms with Gasteiger partial charge in [0, 0.05) is 13.1 Å². The van der Waals surface area contributed by atoms with Crippen LogP contribution in [0, 0.1) is 0 Å². The lowest BCUT2D eigenvalue weighted by molar-refractivity contribution is 0.0706. The summed E-state index contributed by atoms with van der Waals surface area (Å²) in [5.74, 6) is -0.102. The Bertz CT molecular complexity index is 366. The number of aromatic nitrogens is 3. The highest BCUT2D eigenvalue weighted by molar-refractivity contribution is 5.90. The van der Waals surface area contributed by atoms with E-state index in [0.717, 1.165) is 25.7 Å². The van der Waals surface area contributed by atoms with E-state index in [1.165, 1.54) is 0 Å². The molecule has 0 aromatic carbocycles.